The van der Waals surface area contributed by atoms with Gasteiger partial charge in [-0.2, -0.15) is 0 Å². The summed E-state index contributed by atoms with van der Waals surface area (Å²) < 4.78 is 1.98. The number of nitrogens with two attached hydrogens (primary N) is 1. The molecule has 0 bridgehead atoms. The van der Waals surface area contributed by atoms with Crippen LogP contribution in [0.15, 0.2) is 24.3 Å². The smallest absolute Gasteiger partial charge is 0.132 e. The Balaban J connectivity index is 2.09. The Morgan fingerprint density at radius 2 is 2.14 bits per heavy atom. The minimum atomic E-state index is 0.464. The van der Waals surface area contributed by atoms with Gasteiger partial charge in [0.1, 0.15) is 17.3 Å². The maximum atomic E-state index is 6.30. The molecule has 4 heteroatoms. The van der Waals surface area contributed by atoms with Crippen molar-refractivity contribution in [2.75, 3.05) is 5.73 Å². The first-order valence-corrected chi connectivity index (χ1v) is 7.64. The van der Waals surface area contributed by atoms with E-state index in [0.29, 0.717) is 23.3 Å². The number of terminal acetylenes is 1. The molecule has 0 amide bonds. The van der Waals surface area contributed by atoms with Crippen molar-refractivity contribution >= 4 is 17.4 Å². The highest BCUT2D eigenvalue weighted by Crippen LogP contribution is 2.37. The second-order valence-corrected chi connectivity index (χ2v) is 5.92. The lowest BCUT2D eigenvalue weighted by Gasteiger charge is -2.11. The van der Waals surface area contributed by atoms with Gasteiger partial charge in [-0.05, 0) is 25.0 Å². The first-order valence-electron chi connectivity index (χ1n) is 7.26. The van der Waals surface area contributed by atoms with E-state index in [1.165, 1.54) is 12.8 Å². The van der Waals surface area contributed by atoms with Crippen molar-refractivity contribution in [3.05, 3.63) is 35.1 Å². The monoisotopic (exact) mass is 299 g/mol. The van der Waals surface area contributed by atoms with Gasteiger partial charge in [0, 0.05) is 16.5 Å². The lowest BCUT2D eigenvalue weighted by molar-refractivity contribution is 0.622. The molecule has 2 aromatic rings. The number of hydrogen-bond donors (Lipinski definition) is 1. The van der Waals surface area contributed by atoms with Crippen LogP contribution < -0.4 is 5.73 Å². The minimum absolute atomic E-state index is 0.464. The van der Waals surface area contributed by atoms with E-state index in [4.69, 9.17) is 28.7 Å². The highest BCUT2D eigenvalue weighted by atomic mass is 35.5. The fourth-order valence-electron chi connectivity index (χ4n) is 3.08. The number of imidazole rings is 1. The minimum Gasteiger partial charge on any atom is -0.383 e. The number of aromatic nitrogens is 2. The molecule has 1 aromatic heterocycles. The van der Waals surface area contributed by atoms with E-state index in [-0.39, 0.29) is 0 Å². The summed E-state index contributed by atoms with van der Waals surface area (Å²) in [6, 6.07) is 7.62. The summed E-state index contributed by atoms with van der Waals surface area (Å²) in [4.78, 5) is 4.81. The van der Waals surface area contributed by atoms with Crippen LogP contribution in [-0.4, -0.2) is 9.55 Å². The van der Waals surface area contributed by atoms with Gasteiger partial charge in [0.2, 0.25) is 0 Å². The molecule has 0 spiro atoms. The molecule has 1 heterocycles. The Hall–Kier alpha value is -1.92. The zero-order valence-electron chi connectivity index (χ0n) is 11.8. The molecule has 0 saturated heterocycles. The molecule has 21 heavy (non-hydrogen) atoms. The molecule has 0 unspecified atom stereocenters. The third-order valence-corrected chi connectivity index (χ3v) is 4.34. The van der Waals surface area contributed by atoms with Crippen LogP contribution in [0, 0.1) is 12.3 Å². The predicted octanol–water partition coefficient (Wildman–Crippen LogP) is 4.08. The van der Waals surface area contributed by atoms with E-state index in [9.17, 15) is 0 Å². The number of nitrogens with zero attached hydrogens (tertiary/aromatic N) is 2. The Kier molecular flexibility index (Phi) is 3.90. The lowest BCUT2D eigenvalue weighted by Crippen LogP contribution is -2.09. The Morgan fingerprint density at radius 1 is 1.38 bits per heavy atom. The highest BCUT2D eigenvalue weighted by Gasteiger charge is 2.25. The number of rotatable bonds is 3. The van der Waals surface area contributed by atoms with Crippen LogP contribution in [0.1, 0.15) is 37.4 Å². The number of anilines is 1. The molecule has 2 N–H and O–H groups in total. The zero-order valence-corrected chi connectivity index (χ0v) is 12.6. The van der Waals surface area contributed by atoms with Gasteiger partial charge in [-0.15, -0.1) is 6.42 Å². The SMILES string of the molecule is C#CCn1c(C2CCCC2)nc(-c2cccc(Cl)c2)c1N. The molecule has 1 saturated carbocycles. The molecule has 0 aliphatic heterocycles. The number of benzene rings is 1. The lowest BCUT2D eigenvalue weighted by atomic mass is 10.1. The second-order valence-electron chi connectivity index (χ2n) is 5.49. The molecular weight excluding hydrogens is 282 g/mol. The molecule has 0 atom stereocenters. The maximum Gasteiger partial charge on any atom is 0.132 e. The van der Waals surface area contributed by atoms with Crippen LogP contribution in [0.5, 0.6) is 0 Å². The maximum absolute atomic E-state index is 6.30. The summed E-state index contributed by atoms with van der Waals surface area (Å²) in [6.45, 7) is 0.464. The standard InChI is InChI=1S/C17H18ClN3/c1-2-10-21-16(19)15(13-8-5-9-14(18)11-13)20-17(21)12-6-3-4-7-12/h1,5,8-9,11-12H,3-4,6-7,10,19H2. The average Bonchev–Trinajstić information content (AvgIpc) is 3.09. The van der Waals surface area contributed by atoms with E-state index >= 15 is 0 Å². The number of hydrogen-bond acceptors (Lipinski definition) is 2. The van der Waals surface area contributed by atoms with Gasteiger partial charge in [0.05, 0.1) is 6.54 Å². The quantitative estimate of drug-likeness (QED) is 0.868. The number of nitrogen functional groups attached to an aromatic ring is 1. The van der Waals surface area contributed by atoms with Crippen LogP contribution in [-0.2, 0) is 6.54 Å². The predicted molar refractivity (Wildman–Crippen MR) is 87.1 cm³/mol. The zero-order chi connectivity index (χ0) is 14.8. The highest BCUT2D eigenvalue weighted by molar-refractivity contribution is 6.30. The molecule has 108 valence electrons. The molecule has 3 rings (SSSR count). The van der Waals surface area contributed by atoms with E-state index in [0.717, 1.165) is 29.9 Å². The molecule has 3 nitrogen and oxygen atoms in total. The van der Waals surface area contributed by atoms with Crippen LogP contribution in [0.2, 0.25) is 5.02 Å². The summed E-state index contributed by atoms with van der Waals surface area (Å²) in [5.41, 5.74) is 8.03. The van der Waals surface area contributed by atoms with Crippen molar-refractivity contribution in [3.8, 4) is 23.6 Å². The van der Waals surface area contributed by atoms with Gasteiger partial charge in [0.15, 0.2) is 0 Å². The van der Waals surface area contributed by atoms with Gasteiger partial charge < -0.3 is 10.3 Å². The Labute approximate surface area is 130 Å². The fourth-order valence-corrected chi connectivity index (χ4v) is 3.28. The van der Waals surface area contributed by atoms with Crippen molar-refractivity contribution < 1.29 is 0 Å². The third-order valence-electron chi connectivity index (χ3n) is 4.10. The topological polar surface area (TPSA) is 43.8 Å². The normalized spacial score (nSPS) is 15.2. The van der Waals surface area contributed by atoms with E-state index in [1.807, 2.05) is 28.8 Å². The van der Waals surface area contributed by atoms with E-state index in [2.05, 4.69) is 5.92 Å². The molecule has 0 radical (unpaired) electrons. The van der Waals surface area contributed by atoms with Crippen LogP contribution in [0.4, 0.5) is 5.82 Å². The summed E-state index contributed by atoms with van der Waals surface area (Å²) in [5.74, 6) is 4.81. The molecule has 1 fully saturated rings. The van der Waals surface area contributed by atoms with Gasteiger partial charge in [-0.3, -0.25) is 0 Å². The molecule has 1 aliphatic carbocycles. The van der Waals surface area contributed by atoms with Gasteiger partial charge in [-0.1, -0.05) is 42.5 Å². The molecule has 1 aliphatic rings. The summed E-state index contributed by atoms with van der Waals surface area (Å²) >= 11 is 6.07. The average molecular weight is 300 g/mol. The van der Waals surface area contributed by atoms with Crippen molar-refractivity contribution in [1.82, 2.24) is 9.55 Å². The number of halogens is 1. The molecule has 1 aromatic carbocycles. The van der Waals surface area contributed by atoms with Gasteiger partial charge >= 0.3 is 0 Å². The first kappa shape index (κ1) is 14.0. The van der Waals surface area contributed by atoms with Crippen molar-refractivity contribution in [3.63, 3.8) is 0 Å². The third kappa shape index (κ3) is 2.64. The fraction of sp³-hybridized carbons (Fsp3) is 0.353. The van der Waals surface area contributed by atoms with Crippen LogP contribution in [0.25, 0.3) is 11.3 Å². The van der Waals surface area contributed by atoms with Gasteiger partial charge in [0.25, 0.3) is 0 Å². The van der Waals surface area contributed by atoms with Crippen molar-refractivity contribution in [1.29, 1.82) is 0 Å². The summed E-state index contributed by atoms with van der Waals surface area (Å²) in [6.07, 6.45) is 10.3. The van der Waals surface area contributed by atoms with E-state index in [1.54, 1.807) is 0 Å². The van der Waals surface area contributed by atoms with Gasteiger partial charge in [-0.25, -0.2) is 4.98 Å². The second kappa shape index (κ2) is 5.83. The van der Waals surface area contributed by atoms with Crippen molar-refractivity contribution in [2.24, 2.45) is 0 Å². The van der Waals surface area contributed by atoms with E-state index < -0.39 is 0 Å². The van der Waals surface area contributed by atoms with Crippen molar-refractivity contribution in [2.45, 2.75) is 38.1 Å². The van der Waals surface area contributed by atoms with Crippen LogP contribution in [0.3, 0.4) is 0 Å². The Bertz CT molecular complexity index is 691. The summed E-state index contributed by atoms with van der Waals surface area (Å²) in [7, 11) is 0. The first-order chi connectivity index (χ1) is 10.2. The molecular formula is C17H18ClN3. The summed E-state index contributed by atoms with van der Waals surface area (Å²) in [5, 5.41) is 0.681. The largest absolute Gasteiger partial charge is 0.383 e. The van der Waals surface area contributed by atoms with Crippen LogP contribution >= 0.6 is 11.6 Å². The Morgan fingerprint density at radius 3 is 2.81 bits per heavy atom.